The summed E-state index contributed by atoms with van der Waals surface area (Å²) in [5.74, 6) is 0.517. The van der Waals surface area contributed by atoms with Crippen LogP contribution in [0.3, 0.4) is 0 Å². The van der Waals surface area contributed by atoms with Crippen LogP contribution in [-0.2, 0) is 10.5 Å². The van der Waals surface area contributed by atoms with Crippen molar-refractivity contribution in [3.05, 3.63) is 60.1 Å². The number of rotatable bonds is 5. The van der Waals surface area contributed by atoms with Gasteiger partial charge in [-0.15, -0.1) is 11.8 Å². The smallest absolute Gasteiger partial charge is 0.321 e. The minimum absolute atomic E-state index is 0.554. The van der Waals surface area contributed by atoms with Crippen LogP contribution >= 0.6 is 11.8 Å². The van der Waals surface area contributed by atoms with Crippen molar-refractivity contribution in [1.29, 1.82) is 0 Å². The van der Waals surface area contributed by atoms with Gasteiger partial charge in [0.2, 0.25) is 0 Å². The van der Waals surface area contributed by atoms with E-state index in [-0.39, 0.29) is 0 Å². The summed E-state index contributed by atoms with van der Waals surface area (Å²) in [6, 6.07) is 12.9. The molecule has 1 N–H and O–H groups in total. The highest BCUT2D eigenvalue weighted by atomic mass is 32.2. The Hall–Kier alpha value is -1.68. The monoisotopic (exact) mass is 248 g/mol. The SMILES string of the molecule is O=C(O)C(SCc1ccco1)c1ccccc1. The molecule has 0 spiro atoms. The topological polar surface area (TPSA) is 50.4 Å². The van der Waals surface area contributed by atoms with Crippen LogP contribution in [0.2, 0.25) is 0 Å². The molecule has 2 rings (SSSR count). The molecule has 1 aromatic heterocycles. The van der Waals surface area contributed by atoms with Gasteiger partial charge in [0.1, 0.15) is 11.0 Å². The van der Waals surface area contributed by atoms with Gasteiger partial charge in [0, 0.05) is 0 Å². The van der Waals surface area contributed by atoms with Gasteiger partial charge in [-0.3, -0.25) is 4.79 Å². The summed E-state index contributed by atoms with van der Waals surface area (Å²) in [6.45, 7) is 0. The maximum Gasteiger partial charge on any atom is 0.321 e. The molecule has 0 saturated heterocycles. The van der Waals surface area contributed by atoms with Crippen molar-refractivity contribution in [1.82, 2.24) is 0 Å². The zero-order valence-electron chi connectivity index (χ0n) is 9.08. The van der Waals surface area contributed by atoms with Gasteiger partial charge < -0.3 is 9.52 Å². The molecule has 0 aliphatic heterocycles. The molecule has 2 aromatic rings. The number of thioether (sulfide) groups is 1. The molecule has 1 aromatic carbocycles. The lowest BCUT2D eigenvalue weighted by Crippen LogP contribution is -2.08. The Morgan fingerprint density at radius 1 is 1.24 bits per heavy atom. The molecule has 0 saturated carbocycles. The van der Waals surface area contributed by atoms with Crippen LogP contribution < -0.4 is 0 Å². The molecule has 0 radical (unpaired) electrons. The van der Waals surface area contributed by atoms with Crippen molar-refractivity contribution in [2.75, 3.05) is 0 Å². The van der Waals surface area contributed by atoms with E-state index in [0.717, 1.165) is 11.3 Å². The third-order valence-electron chi connectivity index (χ3n) is 2.30. The Kier molecular flexibility index (Phi) is 3.88. The maximum absolute atomic E-state index is 11.2. The largest absolute Gasteiger partial charge is 0.480 e. The fourth-order valence-corrected chi connectivity index (χ4v) is 2.49. The third kappa shape index (κ3) is 3.14. The minimum atomic E-state index is -0.826. The predicted octanol–water partition coefficient (Wildman–Crippen LogP) is 3.34. The highest BCUT2D eigenvalue weighted by Crippen LogP contribution is 2.31. The van der Waals surface area contributed by atoms with Crippen molar-refractivity contribution in [2.45, 2.75) is 11.0 Å². The molecular formula is C13H12O3S. The molecule has 1 unspecified atom stereocenters. The first-order valence-corrected chi connectivity index (χ1v) is 6.24. The lowest BCUT2D eigenvalue weighted by Gasteiger charge is -2.11. The maximum atomic E-state index is 11.2. The summed E-state index contributed by atoms with van der Waals surface area (Å²) >= 11 is 1.35. The van der Waals surface area contributed by atoms with Crippen LogP contribution in [0.25, 0.3) is 0 Å². The van der Waals surface area contributed by atoms with E-state index in [0.29, 0.717) is 5.75 Å². The lowest BCUT2D eigenvalue weighted by molar-refractivity contribution is -0.136. The van der Waals surface area contributed by atoms with Gasteiger partial charge in [-0.25, -0.2) is 0 Å². The van der Waals surface area contributed by atoms with E-state index >= 15 is 0 Å². The van der Waals surface area contributed by atoms with Gasteiger partial charge in [0.05, 0.1) is 12.0 Å². The first-order valence-electron chi connectivity index (χ1n) is 5.19. The second kappa shape index (κ2) is 5.59. The summed E-state index contributed by atoms with van der Waals surface area (Å²) in [5.41, 5.74) is 0.802. The summed E-state index contributed by atoms with van der Waals surface area (Å²) < 4.78 is 5.19. The van der Waals surface area contributed by atoms with Crippen molar-refractivity contribution >= 4 is 17.7 Å². The average molecular weight is 248 g/mol. The van der Waals surface area contributed by atoms with Crippen molar-refractivity contribution in [2.24, 2.45) is 0 Å². The molecule has 0 amide bonds. The molecule has 1 atom stereocenters. The normalized spacial score (nSPS) is 12.2. The van der Waals surface area contributed by atoms with Crippen molar-refractivity contribution in [3.8, 4) is 0 Å². The van der Waals surface area contributed by atoms with Gasteiger partial charge >= 0.3 is 5.97 Å². The lowest BCUT2D eigenvalue weighted by atomic mass is 10.1. The molecule has 0 fully saturated rings. The first-order chi connectivity index (χ1) is 8.27. The number of benzene rings is 1. The first kappa shape index (κ1) is 11.8. The predicted molar refractivity (Wildman–Crippen MR) is 66.8 cm³/mol. The van der Waals surface area contributed by atoms with E-state index in [4.69, 9.17) is 4.42 Å². The Balaban J connectivity index is 2.06. The highest BCUT2D eigenvalue weighted by Gasteiger charge is 2.20. The van der Waals surface area contributed by atoms with E-state index in [2.05, 4.69) is 0 Å². The van der Waals surface area contributed by atoms with Crippen LogP contribution in [0.4, 0.5) is 0 Å². The van der Waals surface area contributed by atoms with Crippen LogP contribution in [0.5, 0.6) is 0 Å². The fourth-order valence-electron chi connectivity index (χ4n) is 1.50. The molecule has 0 aliphatic rings. The van der Waals surface area contributed by atoms with Crippen LogP contribution in [0.15, 0.2) is 53.1 Å². The van der Waals surface area contributed by atoms with E-state index in [9.17, 15) is 9.90 Å². The Morgan fingerprint density at radius 3 is 2.59 bits per heavy atom. The van der Waals surface area contributed by atoms with Crippen LogP contribution in [-0.4, -0.2) is 11.1 Å². The van der Waals surface area contributed by atoms with Crippen LogP contribution in [0, 0.1) is 0 Å². The van der Waals surface area contributed by atoms with Gasteiger partial charge in [-0.2, -0.15) is 0 Å². The summed E-state index contributed by atoms with van der Waals surface area (Å²) in [7, 11) is 0. The quantitative estimate of drug-likeness (QED) is 0.881. The molecule has 0 aliphatic carbocycles. The number of hydrogen-bond donors (Lipinski definition) is 1. The van der Waals surface area contributed by atoms with E-state index in [1.807, 2.05) is 36.4 Å². The number of carboxylic acids is 1. The molecule has 3 nitrogen and oxygen atoms in total. The van der Waals surface area contributed by atoms with E-state index < -0.39 is 11.2 Å². The molecule has 4 heteroatoms. The number of furan rings is 1. The van der Waals surface area contributed by atoms with Gasteiger partial charge in [-0.1, -0.05) is 30.3 Å². The Labute approximate surface area is 103 Å². The van der Waals surface area contributed by atoms with E-state index in [1.54, 1.807) is 12.3 Å². The number of hydrogen-bond acceptors (Lipinski definition) is 3. The molecule has 0 bridgehead atoms. The van der Waals surface area contributed by atoms with Crippen molar-refractivity contribution < 1.29 is 14.3 Å². The standard InChI is InChI=1S/C13H12O3S/c14-13(15)12(10-5-2-1-3-6-10)17-9-11-7-4-8-16-11/h1-8,12H,9H2,(H,14,15). The fraction of sp³-hybridized carbons (Fsp3) is 0.154. The van der Waals surface area contributed by atoms with Gasteiger partial charge in [0.25, 0.3) is 0 Å². The molecule has 17 heavy (non-hydrogen) atoms. The number of carboxylic acid groups (broad SMARTS) is 1. The second-order valence-electron chi connectivity index (χ2n) is 3.52. The Bertz CT molecular complexity index is 465. The molecule has 1 heterocycles. The third-order valence-corrected chi connectivity index (χ3v) is 3.56. The van der Waals surface area contributed by atoms with E-state index in [1.165, 1.54) is 11.8 Å². The average Bonchev–Trinajstić information content (AvgIpc) is 2.83. The summed E-state index contributed by atoms with van der Waals surface area (Å²) in [4.78, 5) is 11.2. The summed E-state index contributed by atoms with van der Waals surface area (Å²) in [6.07, 6.45) is 1.59. The molecule has 88 valence electrons. The minimum Gasteiger partial charge on any atom is -0.480 e. The highest BCUT2D eigenvalue weighted by molar-refractivity contribution is 7.99. The number of carbonyl (C=O) groups is 1. The summed E-state index contributed by atoms with van der Waals surface area (Å²) in [5, 5.41) is 8.65. The van der Waals surface area contributed by atoms with Crippen molar-refractivity contribution in [3.63, 3.8) is 0 Å². The van der Waals surface area contributed by atoms with Gasteiger partial charge in [-0.05, 0) is 17.7 Å². The number of aliphatic carboxylic acids is 1. The van der Waals surface area contributed by atoms with Gasteiger partial charge in [0.15, 0.2) is 0 Å². The zero-order valence-corrected chi connectivity index (χ0v) is 9.89. The second-order valence-corrected chi connectivity index (χ2v) is 4.61. The zero-order chi connectivity index (χ0) is 12.1. The Morgan fingerprint density at radius 2 is 2.00 bits per heavy atom. The van der Waals surface area contributed by atoms with Crippen LogP contribution in [0.1, 0.15) is 16.6 Å². The molecular weight excluding hydrogens is 236 g/mol.